The second kappa shape index (κ2) is 9.04. The topological polar surface area (TPSA) is 35.6 Å². The number of benzene rings is 2. The van der Waals surface area contributed by atoms with E-state index in [1.165, 1.54) is 6.07 Å². The molecule has 1 N–H and O–H groups in total. The number of amides is 1. The van der Waals surface area contributed by atoms with Crippen molar-refractivity contribution in [3.05, 3.63) is 59.7 Å². The van der Waals surface area contributed by atoms with Gasteiger partial charge >= 0.3 is 6.18 Å². The summed E-state index contributed by atoms with van der Waals surface area (Å²) >= 11 is 0. The largest absolute Gasteiger partial charge is 0.416 e. The maximum atomic E-state index is 13.3. The first-order chi connectivity index (χ1) is 15.2. The maximum Gasteiger partial charge on any atom is 0.416 e. The average molecular weight is 446 g/mol. The van der Waals surface area contributed by atoms with Crippen molar-refractivity contribution in [3.8, 4) is 0 Å². The van der Waals surface area contributed by atoms with Gasteiger partial charge in [-0.25, -0.2) is 0 Å². The first kappa shape index (κ1) is 22.5. The summed E-state index contributed by atoms with van der Waals surface area (Å²) in [7, 11) is 0. The van der Waals surface area contributed by atoms with E-state index in [0.29, 0.717) is 37.5 Å². The summed E-state index contributed by atoms with van der Waals surface area (Å²) in [4.78, 5) is 17.6. The Kier molecular flexibility index (Phi) is 6.35. The number of hydrogen-bond acceptors (Lipinski definition) is 3. The molecule has 0 saturated carbocycles. The quantitative estimate of drug-likeness (QED) is 0.723. The second-order valence-electron chi connectivity index (χ2n) is 9.17. The SMILES string of the molecule is CC(C)CCNC(=O)C1Cc2cc(C(F)(F)F)ccc2N2CCN(c3ccccc3)CC12. The minimum atomic E-state index is -4.40. The average Bonchev–Trinajstić information content (AvgIpc) is 2.77. The van der Waals surface area contributed by atoms with Crippen LogP contribution in [-0.4, -0.2) is 38.1 Å². The predicted molar refractivity (Wildman–Crippen MR) is 121 cm³/mol. The van der Waals surface area contributed by atoms with Gasteiger partial charge in [0.25, 0.3) is 0 Å². The first-order valence-electron chi connectivity index (χ1n) is 11.3. The van der Waals surface area contributed by atoms with Crippen molar-refractivity contribution < 1.29 is 18.0 Å². The van der Waals surface area contributed by atoms with Crippen LogP contribution in [0.25, 0.3) is 0 Å². The van der Waals surface area contributed by atoms with E-state index in [1.807, 2.05) is 18.2 Å². The fraction of sp³-hybridized carbons (Fsp3) is 0.480. The zero-order chi connectivity index (χ0) is 22.9. The highest BCUT2D eigenvalue weighted by Crippen LogP contribution is 2.40. The van der Waals surface area contributed by atoms with Crippen LogP contribution in [-0.2, 0) is 17.4 Å². The number of carbonyl (C=O) groups is 1. The molecule has 0 radical (unpaired) electrons. The van der Waals surface area contributed by atoms with Crippen molar-refractivity contribution in [2.24, 2.45) is 11.8 Å². The Morgan fingerprint density at radius 3 is 2.56 bits per heavy atom. The Balaban J connectivity index is 1.63. The lowest BCUT2D eigenvalue weighted by molar-refractivity contribution is -0.137. The molecule has 0 aromatic heterocycles. The fourth-order valence-corrected chi connectivity index (χ4v) is 4.79. The third kappa shape index (κ3) is 4.71. The number of fused-ring (bicyclic) bond motifs is 3. The number of rotatable bonds is 5. The van der Waals surface area contributed by atoms with Crippen LogP contribution in [0, 0.1) is 11.8 Å². The van der Waals surface area contributed by atoms with Gasteiger partial charge in [0.1, 0.15) is 0 Å². The molecular weight excluding hydrogens is 415 g/mol. The van der Waals surface area contributed by atoms with Gasteiger partial charge in [0.15, 0.2) is 0 Å². The Labute approximate surface area is 187 Å². The van der Waals surface area contributed by atoms with Gasteiger partial charge in [-0.2, -0.15) is 13.2 Å². The summed E-state index contributed by atoms with van der Waals surface area (Å²) in [5.74, 6) is -0.000224. The maximum absolute atomic E-state index is 13.3. The Morgan fingerprint density at radius 1 is 1.12 bits per heavy atom. The number of para-hydroxylation sites is 1. The van der Waals surface area contributed by atoms with Crippen molar-refractivity contribution in [2.45, 2.75) is 38.9 Å². The third-order valence-electron chi connectivity index (χ3n) is 6.52. The molecule has 4 nitrogen and oxygen atoms in total. The zero-order valence-electron chi connectivity index (χ0n) is 18.5. The fourth-order valence-electron chi connectivity index (χ4n) is 4.79. The minimum absolute atomic E-state index is 0.0707. The standard InChI is InChI=1S/C25H30F3N3O/c1-17(2)10-11-29-24(32)21-15-18-14-19(25(26,27)28)8-9-22(18)31-13-12-30(16-23(21)31)20-6-4-3-5-7-20/h3-9,14,17,21,23H,10-13,15-16H2,1-2H3,(H,29,32). The van der Waals surface area contributed by atoms with Crippen LogP contribution >= 0.6 is 0 Å². The molecule has 32 heavy (non-hydrogen) atoms. The van der Waals surface area contributed by atoms with Crippen LogP contribution in [0.5, 0.6) is 0 Å². The first-order valence-corrected chi connectivity index (χ1v) is 11.3. The molecule has 2 aliphatic rings. The molecule has 2 aliphatic heterocycles. The van der Waals surface area contributed by atoms with Crippen molar-refractivity contribution in [1.82, 2.24) is 5.32 Å². The highest BCUT2D eigenvalue weighted by molar-refractivity contribution is 5.82. The highest BCUT2D eigenvalue weighted by Gasteiger charge is 2.42. The van der Waals surface area contributed by atoms with E-state index in [9.17, 15) is 18.0 Å². The van der Waals surface area contributed by atoms with E-state index in [4.69, 9.17) is 0 Å². The lowest BCUT2D eigenvalue weighted by Gasteiger charge is -2.49. The molecule has 2 heterocycles. The van der Waals surface area contributed by atoms with Crippen LogP contribution in [0.1, 0.15) is 31.4 Å². The Bertz CT molecular complexity index is 945. The number of alkyl halides is 3. The molecule has 2 aromatic rings. The van der Waals surface area contributed by atoms with E-state index in [0.717, 1.165) is 30.4 Å². The summed E-state index contributed by atoms with van der Waals surface area (Å²) in [6.45, 7) is 6.85. The van der Waals surface area contributed by atoms with Gasteiger partial charge in [-0.05, 0) is 54.7 Å². The molecule has 1 amide bonds. The molecular formula is C25H30F3N3O. The van der Waals surface area contributed by atoms with Gasteiger partial charge in [-0.1, -0.05) is 32.0 Å². The van der Waals surface area contributed by atoms with Crippen LogP contribution in [0.3, 0.4) is 0 Å². The van der Waals surface area contributed by atoms with Gasteiger partial charge in [-0.3, -0.25) is 4.79 Å². The van der Waals surface area contributed by atoms with Gasteiger partial charge in [0.2, 0.25) is 5.91 Å². The van der Waals surface area contributed by atoms with Gasteiger partial charge in [0, 0.05) is 37.6 Å². The second-order valence-corrected chi connectivity index (χ2v) is 9.17. The van der Waals surface area contributed by atoms with E-state index >= 15 is 0 Å². The van der Waals surface area contributed by atoms with Crippen molar-refractivity contribution in [1.29, 1.82) is 0 Å². The highest BCUT2D eigenvalue weighted by atomic mass is 19.4. The molecule has 0 spiro atoms. The lowest BCUT2D eigenvalue weighted by atomic mass is 9.82. The van der Waals surface area contributed by atoms with Crippen LogP contribution in [0.2, 0.25) is 0 Å². The van der Waals surface area contributed by atoms with Crippen LogP contribution in [0.15, 0.2) is 48.5 Å². The van der Waals surface area contributed by atoms with E-state index in [-0.39, 0.29) is 11.9 Å². The molecule has 1 fully saturated rings. The summed E-state index contributed by atoms with van der Waals surface area (Å²) in [6, 6.07) is 13.9. The normalized spacial score (nSPS) is 20.7. The molecule has 0 bridgehead atoms. The molecule has 4 rings (SSSR count). The number of anilines is 2. The number of nitrogens with zero attached hydrogens (tertiary/aromatic N) is 2. The minimum Gasteiger partial charge on any atom is -0.368 e. The predicted octanol–water partition coefficient (Wildman–Crippen LogP) is 4.74. The zero-order valence-corrected chi connectivity index (χ0v) is 18.5. The Morgan fingerprint density at radius 2 is 1.88 bits per heavy atom. The van der Waals surface area contributed by atoms with Gasteiger partial charge in [-0.15, -0.1) is 0 Å². The van der Waals surface area contributed by atoms with E-state index in [1.54, 1.807) is 6.07 Å². The Hall–Kier alpha value is -2.70. The summed E-state index contributed by atoms with van der Waals surface area (Å²) in [5.41, 5.74) is 1.87. The smallest absolute Gasteiger partial charge is 0.368 e. The number of hydrogen-bond donors (Lipinski definition) is 1. The van der Waals surface area contributed by atoms with Crippen molar-refractivity contribution >= 4 is 17.3 Å². The van der Waals surface area contributed by atoms with Crippen molar-refractivity contribution in [2.75, 3.05) is 36.0 Å². The van der Waals surface area contributed by atoms with Gasteiger partial charge in [0.05, 0.1) is 17.5 Å². The van der Waals surface area contributed by atoms with Crippen molar-refractivity contribution in [3.63, 3.8) is 0 Å². The number of nitrogens with one attached hydrogen (secondary N) is 1. The number of carbonyl (C=O) groups excluding carboxylic acids is 1. The molecule has 2 atom stereocenters. The van der Waals surface area contributed by atoms with Crippen LogP contribution < -0.4 is 15.1 Å². The number of halogens is 3. The molecule has 2 aromatic carbocycles. The lowest BCUT2D eigenvalue weighted by Crippen LogP contribution is -2.61. The van der Waals surface area contributed by atoms with Crippen LogP contribution in [0.4, 0.5) is 24.5 Å². The number of piperazine rings is 1. The van der Waals surface area contributed by atoms with E-state index < -0.39 is 17.7 Å². The summed E-state index contributed by atoms with van der Waals surface area (Å²) in [6.07, 6.45) is -3.21. The van der Waals surface area contributed by atoms with E-state index in [2.05, 4.69) is 41.1 Å². The molecule has 1 saturated heterocycles. The monoisotopic (exact) mass is 445 g/mol. The molecule has 2 unspecified atom stereocenters. The third-order valence-corrected chi connectivity index (χ3v) is 6.52. The summed E-state index contributed by atoms with van der Waals surface area (Å²) < 4.78 is 40.0. The summed E-state index contributed by atoms with van der Waals surface area (Å²) in [5, 5.41) is 3.04. The van der Waals surface area contributed by atoms with Gasteiger partial charge < -0.3 is 15.1 Å². The molecule has 0 aliphatic carbocycles. The molecule has 172 valence electrons. The molecule has 7 heteroatoms.